The van der Waals surface area contributed by atoms with E-state index in [1.165, 1.54) is 5.57 Å². The molecule has 0 aliphatic heterocycles. The van der Waals surface area contributed by atoms with E-state index in [2.05, 4.69) is 20.8 Å². The quantitative estimate of drug-likeness (QED) is 0.595. The molecule has 17 heavy (non-hydrogen) atoms. The number of ether oxygens (including phenoxy) is 2. The van der Waals surface area contributed by atoms with Gasteiger partial charge in [0, 0.05) is 12.0 Å². The predicted octanol–water partition coefficient (Wildman–Crippen LogP) is 2.88. The van der Waals surface area contributed by atoms with E-state index in [-0.39, 0.29) is 23.9 Å². The lowest BCUT2D eigenvalue weighted by Gasteiger charge is -2.57. The van der Waals surface area contributed by atoms with Crippen molar-refractivity contribution in [1.29, 1.82) is 0 Å². The van der Waals surface area contributed by atoms with Gasteiger partial charge in [0.25, 0.3) is 0 Å². The largest absolute Gasteiger partial charge is 0.392 e. The molecule has 0 spiro atoms. The number of hydrogen-bond acceptors (Lipinski definition) is 3. The van der Waals surface area contributed by atoms with Gasteiger partial charge in [0.1, 0.15) is 0 Å². The molecule has 2 unspecified atom stereocenters. The number of rotatable bonds is 5. The monoisotopic (exact) mass is 242 g/mol. The molecule has 0 aromatic carbocycles. The van der Waals surface area contributed by atoms with Crippen LogP contribution in [0, 0.1) is 5.41 Å². The molecule has 0 amide bonds. The standard InChI is InChI=1S/C14H26O3/c1-7-16-11(3)17-14(6)8-12(10(2)9-15)13(14,4)5/h11,15H,7-9H2,1-6H3/b12-10-. The van der Waals surface area contributed by atoms with Crippen LogP contribution in [0.1, 0.15) is 48.0 Å². The lowest BCUT2D eigenvalue weighted by Crippen LogP contribution is -2.57. The lowest BCUT2D eigenvalue weighted by molar-refractivity contribution is -0.244. The highest BCUT2D eigenvalue weighted by Crippen LogP contribution is 2.57. The van der Waals surface area contributed by atoms with Gasteiger partial charge in [-0.2, -0.15) is 0 Å². The fraction of sp³-hybridized carbons (Fsp3) is 0.857. The van der Waals surface area contributed by atoms with Crippen molar-refractivity contribution in [2.24, 2.45) is 5.41 Å². The Bertz CT molecular complexity index is 307. The fourth-order valence-corrected chi connectivity index (χ4v) is 2.60. The van der Waals surface area contributed by atoms with Gasteiger partial charge in [0.15, 0.2) is 6.29 Å². The first-order valence-corrected chi connectivity index (χ1v) is 6.38. The molecule has 1 rings (SSSR count). The van der Waals surface area contributed by atoms with Crippen molar-refractivity contribution in [3.8, 4) is 0 Å². The third-order valence-corrected chi connectivity index (χ3v) is 4.17. The summed E-state index contributed by atoms with van der Waals surface area (Å²) in [4.78, 5) is 0. The Labute approximate surface area is 105 Å². The molecule has 3 nitrogen and oxygen atoms in total. The Morgan fingerprint density at radius 2 is 2.00 bits per heavy atom. The minimum atomic E-state index is -0.201. The first-order chi connectivity index (χ1) is 7.78. The highest BCUT2D eigenvalue weighted by Gasteiger charge is 2.55. The summed E-state index contributed by atoms with van der Waals surface area (Å²) in [6.07, 6.45) is 0.698. The van der Waals surface area contributed by atoms with E-state index in [4.69, 9.17) is 9.47 Å². The highest BCUT2D eigenvalue weighted by molar-refractivity contribution is 5.35. The van der Waals surface area contributed by atoms with Crippen LogP contribution in [0.3, 0.4) is 0 Å². The summed E-state index contributed by atoms with van der Waals surface area (Å²) in [5.41, 5.74) is 2.14. The number of aliphatic hydroxyl groups is 1. The highest BCUT2D eigenvalue weighted by atomic mass is 16.7. The molecule has 100 valence electrons. The van der Waals surface area contributed by atoms with E-state index in [0.29, 0.717) is 6.61 Å². The van der Waals surface area contributed by atoms with Crippen LogP contribution in [-0.4, -0.2) is 30.2 Å². The van der Waals surface area contributed by atoms with E-state index < -0.39 is 0 Å². The fourth-order valence-electron chi connectivity index (χ4n) is 2.60. The molecule has 2 atom stereocenters. The van der Waals surface area contributed by atoms with Gasteiger partial charge in [-0.25, -0.2) is 0 Å². The zero-order valence-electron chi connectivity index (χ0n) is 12.0. The Hall–Kier alpha value is -0.380. The molecular weight excluding hydrogens is 216 g/mol. The van der Waals surface area contributed by atoms with Crippen LogP contribution >= 0.6 is 0 Å². The maximum absolute atomic E-state index is 9.22. The molecule has 1 aliphatic rings. The summed E-state index contributed by atoms with van der Waals surface area (Å²) in [5.74, 6) is 0. The third kappa shape index (κ3) is 2.56. The molecule has 0 bridgehead atoms. The van der Waals surface area contributed by atoms with E-state index in [1.54, 1.807) is 0 Å². The summed E-state index contributed by atoms with van der Waals surface area (Å²) in [5, 5.41) is 9.22. The summed E-state index contributed by atoms with van der Waals surface area (Å²) >= 11 is 0. The zero-order chi connectivity index (χ0) is 13.3. The number of aliphatic hydroxyl groups excluding tert-OH is 1. The Kier molecular flexibility index (Phi) is 4.39. The molecule has 1 fully saturated rings. The normalized spacial score (nSPS) is 31.9. The smallest absolute Gasteiger partial charge is 0.155 e. The molecule has 0 radical (unpaired) electrons. The second-order valence-electron chi connectivity index (χ2n) is 5.59. The Morgan fingerprint density at radius 3 is 2.41 bits per heavy atom. The van der Waals surface area contributed by atoms with Crippen LogP contribution in [0.2, 0.25) is 0 Å². The van der Waals surface area contributed by atoms with E-state index >= 15 is 0 Å². The first-order valence-electron chi connectivity index (χ1n) is 6.38. The molecule has 0 heterocycles. The molecule has 1 N–H and O–H groups in total. The van der Waals surface area contributed by atoms with Crippen LogP contribution in [0.25, 0.3) is 0 Å². The minimum Gasteiger partial charge on any atom is -0.392 e. The van der Waals surface area contributed by atoms with Crippen molar-refractivity contribution in [2.75, 3.05) is 13.2 Å². The van der Waals surface area contributed by atoms with Gasteiger partial charge >= 0.3 is 0 Å². The van der Waals surface area contributed by atoms with Crippen molar-refractivity contribution in [3.63, 3.8) is 0 Å². The van der Waals surface area contributed by atoms with Crippen molar-refractivity contribution >= 4 is 0 Å². The Balaban J connectivity index is 2.76. The maximum Gasteiger partial charge on any atom is 0.155 e. The van der Waals surface area contributed by atoms with Gasteiger partial charge in [0.2, 0.25) is 0 Å². The van der Waals surface area contributed by atoms with Crippen molar-refractivity contribution in [2.45, 2.75) is 59.9 Å². The minimum absolute atomic E-state index is 0.0365. The van der Waals surface area contributed by atoms with Crippen molar-refractivity contribution < 1.29 is 14.6 Å². The average molecular weight is 242 g/mol. The van der Waals surface area contributed by atoms with Gasteiger partial charge in [-0.05, 0) is 39.7 Å². The number of hydrogen-bond donors (Lipinski definition) is 1. The van der Waals surface area contributed by atoms with Gasteiger partial charge in [-0.1, -0.05) is 19.4 Å². The zero-order valence-corrected chi connectivity index (χ0v) is 12.0. The Morgan fingerprint density at radius 1 is 1.41 bits per heavy atom. The molecule has 1 aliphatic carbocycles. The first kappa shape index (κ1) is 14.7. The molecule has 0 aromatic rings. The van der Waals surface area contributed by atoms with Crippen LogP contribution in [0.5, 0.6) is 0 Å². The topological polar surface area (TPSA) is 38.7 Å². The van der Waals surface area contributed by atoms with Gasteiger partial charge in [-0.15, -0.1) is 0 Å². The second kappa shape index (κ2) is 5.09. The molecule has 0 saturated heterocycles. The SMILES string of the molecule is CCOC(C)OC1(C)C/C(=C(\C)CO)C1(C)C. The van der Waals surface area contributed by atoms with Crippen LogP contribution in [-0.2, 0) is 9.47 Å². The van der Waals surface area contributed by atoms with Crippen LogP contribution < -0.4 is 0 Å². The van der Waals surface area contributed by atoms with Crippen LogP contribution in [0.15, 0.2) is 11.1 Å². The maximum atomic E-state index is 9.22. The lowest BCUT2D eigenvalue weighted by atomic mass is 9.55. The third-order valence-electron chi connectivity index (χ3n) is 4.17. The summed E-state index contributed by atoms with van der Waals surface area (Å²) in [7, 11) is 0. The summed E-state index contributed by atoms with van der Waals surface area (Å²) in [6.45, 7) is 13.2. The van der Waals surface area contributed by atoms with E-state index in [9.17, 15) is 5.11 Å². The van der Waals surface area contributed by atoms with E-state index in [0.717, 1.165) is 12.0 Å². The molecule has 1 saturated carbocycles. The average Bonchev–Trinajstić information content (AvgIpc) is 2.25. The van der Waals surface area contributed by atoms with Crippen molar-refractivity contribution in [1.82, 2.24) is 0 Å². The predicted molar refractivity (Wildman–Crippen MR) is 68.8 cm³/mol. The second-order valence-corrected chi connectivity index (χ2v) is 5.59. The van der Waals surface area contributed by atoms with Gasteiger partial charge in [-0.3, -0.25) is 0 Å². The summed E-state index contributed by atoms with van der Waals surface area (Å²) in [6, 6.07) is 0. The van der Waals surface area contributed by atoms with Gasteiger partial charge < -0.3 is 14.6 Å². The molecule has 3 heteroatoms. The summed E-state index contributed by atoms with van der Waals surface area (Å²) < 4.78 is 11.5. The van der Waals surface area contributed by atoms with Gasteiger partial charge in [0.05, 0.1) is 12.2 Å². The van der Waals surface area contributed by atoms with Crippen molar-refractivity contribution in [3.05, 3.63) is 11.1 Å². The molecular formula is C14H26O3. The molecule has 0 aromatic heterocycles. The van der Waals surface area contributed by atoms with E-state index in [1.807, 2.05) is 20.8 Å². The van der Waals surface area contributed by atoms with Crippen LogP contribution in [0.4, 0.5) is 0 Å².